The van der Waals surface area contributed by atoms with Gasteiger partial charge in [0.2, 0.25) is 0 Å². The monoisotopic (exact) mass is 356 g/mol. The van der Waals surface area contributed by atoms with E-state index in [1.807, 2.05) is 31.2 Å². The zero-order valence-electron chi connectivity index (χ0n) is 13.3. The smallest absolute Gasteiger partial charge is 0.276 e. The molecule has 3 aromatic rings. The first-order chi connectivity index (χ1) is 12.0. The molecule has 0 fully saturated rings. The summed E-state index contributed by atoms with van der Waals surface area (Å²) >= 11 is 5.69. The van der Waals surface area contributed by atoms with E-state index in [1.54, 1.807) is 12.1 Å². The van der Waals surface area contributed by atoms with Crippen LogP contribution in [0.2, 0.25) is 5.02 Å². The van der Waals surface area contributed by atoms with Crippen molar-refractivity contribution in [2.45, 2.75) is 6.92 Å². The Balaban J connectivity index is 1.68. The van der Waals surface area contributed by atoms with Crippen LogP contribution in [0.15, 0.2) is 54.6 Å². The molecule has 2 aromatic carbocycles. The zero-order valence-corrected chi connectivity index (χ0v) is 14.0. The minimum atomic E-state index is -0.550. The van der Waals surface area contributed by atoms with E-state index >= 15 is 0 Å². The number of carbonyl (C=O) groups excluding carboxylic acids is 1. The second kappa shape index (κ2) is 7.27. The number of rotatable bonds is 4. The lowest BCUT2D eigenvalue weighted by atomic mass is 10.2. The van der Waals surface area contributed by atoms with Gasteiger partial charge < -0.3 is 10.6 Å². The van der Waals surface area contributed by atoms with Crippen molar-refractivity contribution in [1.29, 1.82) is 0 Å². The fraction of sp³-hybridized carbons (Fsp3) is 0.0556. The Hall–Kier alpha value is -2.99. The van der Waals surface area contributed by atoms with Gasteiger partial charge in [0.1, 0.15) is 5.82 Å². The molecule has 1 heterocycles. The maximum absolute atomic E-state index is 13.1. The number of nitrogens with zero attached hydrogens (tertiary/aromatic N) is 2. The number of aryl methyl sites for hydroxylation is 1. The predicted molar refractivity (Wildman–Crippen MR) is 95.9 cm³/mol. The Bertz CT molecular complexity index is 915. The molecule has 126 valence electrons. The van der Waals surface area contributed by atoms with Crippen LogP contribution in [-0.2, 0) is 0 Å². The quantitative estimate of drug-likeness (QED) is 0.718. The molecule has 0 aliphatic carbocycles. The standard InChI is InChI=1S/C18H14ClFN4O/c1-11-3-2-4-12(9-11)21-17-8-7-16(23-24-17)18(25)22-13-5-6-15(20)14(19)10-13/h2-10H,1H3,(H,21,24)(H,22,25). The van der Waals surface area contributed by atoms with Crippen LogP contribution in [0.4, 0.5) is 21.6 Å². The molecule has 0 atom stereocenters. The molecule has 0 radical (unpaired) electrons. The average molecular weight is 357 g/mol. The number of benzene rings is 2. The molecule has 1 aromatic heterocycles. The molecule has 0 saturated carbocycles. The van der Waals surface area contributed by atoms with Gasteiger partial charge in [-0.25, -0.2) is 4.39 Å². The van der Waals surface area contributed by atoms with E-state index in [-0.39, 0.29) is 10.7 Å². The fourth-order valence-electron chi connectivity index (χ4n) is 2.16. The molecular weight excluding hydrogens is 343 g/mol. The van der Waals surface area contributed by atoms with E-state index < -0.39 is 11.7 Å². The summed E-state index contributed by atoms with van der Waals surface area (Å²) in [4.78, 5) is 12.2. The van der Waals surface area contributed by atoms with Crippen molar-refractivity contribution in [3.05, 3.63) is 76.7 Å². The molecule has 0 spiro atoms. The fourth-order valence-corrected chi connectivity index (χ4v) is 2.34. The van der Waals surface area contributed by atoms with E-state index in [4.69, 9.17) is 11.6 Å². The Kier molecular flexibility index (Phi) is 4.90. The van der Waals surface area contributed by atoms with E-state index in [0.717, 1.165) is 11.3 Å². The lowest BCUT2D eigenvalue weighted by Gasteiger charge is -2.07. The van der Waals surface area contributed by atoms with Gasteiger partial charge in [0.05, 0.1) is 5.02 Å². The van der Waals surface area contributed by atoms with Crippen LogP contribution in [0.1, 0.15) is 16.1 Å². The highest BCUT2D eigenvalue weighted by Crippen LogP contribution is 2.20. The van der Waals surface area contributed by atoms with Gasteiger partial charge in [-0.1, -0.05) is 23.7 Å². The van der Waals surface area contributed by atoms with Crippen LogP contribution in [0, 0.1) is 12.7 Å². The summed E-state index contributed by atoms with van der Waals surface area (Å²) in [6, 6.07) is 14.9. The number of hydrogen-bond acceptors (Lipinski definition) is 4. The summed E-state index contributed by atoms with van der Waals surface area (Å²) in [6.07, 6.45) is 0. The Morgan fingerprint density at radius 2 is 1.88 bits per heavy atom. The predicted octanol–water partition coefficient (Wildman–Crippen LogP) is 4.57. The van der Waals surface area contributed by atoms with Crippen LogP contribution in [-0.4, -0.2) is 16.1 Å². The third kappa shape index (κ3) is 4.30. The molecule has 0 bridgehead atoms. The molecule has 25 heavy (non-hydrogen) atoms. The van der Waals surface area contributed by atoms with Crippen molar-refractivity contribution in [3.63, 3.8) is 0 Å². The molecule has 0 saturated heterocycles. The zero-order chi connectivity index (χ0) is 17.8. The molecular formula is C18H14ClFN4O. The number of anilines is 3. The Morgan fingerprint density at radius 1 is 1.04 bits per heavy atom. The van der Waals surface area contributed by atoms with Crippen LogP contribution in [0.3, 0.4) is 0 Å². The van der Waals surface area contributed by atoms with Crippen molar-refractivity contribution in [2.24, 2.45) is 0 Å². The van der Waals surface area contributed by atoms with Crippen molar-refractivity contribution < 1.29 is 9.18 Å². The maximum atomic E-state index is 13.1. The van der Waals surface area contributed by atoms with Crippen molar-refractivity contribution in [2.75, 3.05) is 10.6 Å². The highest BCUT2D eigenvalue weighted by atomic mass is 35.5. The average Bonchev–Trinajstić information content (AvgIpc) is 2.59. The topological polar surface area (TPSA) is 66.9 Å². The maximum Gasteiger partial charge on any atom is 0.276 e. The first-order valence-electron chi connectivity index (χ1n) is 7.45. The summed E-state index contributed by atoms with van der Waals surface area (Å²) < 4.78 is 13.1. The lowest BCUT2D eigenvalue weighted by Crippen LogP contribution is -2.14. The third-order valence-corrected chi connectivity index (χ3v) is 3.65. The summed E-state index contributed by atoms with van der Waals surface area (Å²) in [6.45, 7) is 1.99. The summed E-state index contributed by atoms with van der Waals surface area (Å²) in [5.41, 5.74) is 2.51. The van der Waals surface area contributed by atoms with E-state index in [0.29, 0.717) is 11.5 Å². The van der Waals surface area contributed by atoms with Crippen LogP contribution in [0.25, 0.3) is 0 Å². The van der Waals surface area contributed by atoms with Gasteiger partial charge in [-0.3, -0.25) is 4.79 Å². The van der Waals surface area contributed by atoms with Gasteiger partial charge in [0.15, 0.2) is 11.5 Å². The lowest BCUT2D eigenvalue weighted by molar-refractivity contribution is 0.102. The molecule has 7 heteroatoms. The molecule has 5 nitrogen and oxygen atoms in total. The third-order valence-electron chi connectivity index (χ3n) is 3.37. The van der Waals surface area contributed by atoms with Gasteiger partial charge in [-0.2, -0.15) is 0 Å². The second-order valence-corrected chi connectivity index (χ2v) is 5.79. The molecule has 1 amide bonds. The van der Waals surface area contributed by atoms with Crippen molar-refractivity contribution in [3.8, 4) is 0 Å². The minimum Gasteiger partial charge on any atom is -0.339 e. The molecule has 0 aliphatic rings. The first kappa shape index (κ1) is 16.9. The number of halogens is 2. The highest BCUT2D eigenvalue weighted by molar-refractivity contribution is 6.31. The summed E-state index contributed by atoms with van der Waals surface area (Å²) in [5, 5.41) is 13.5. The normalized spacial score (nSPS) is 10.4. The van der Waals surface area contributed by atoms with Gasteiger partial charge in [-0.15, -0.1) is 10.2 Å². The first-order valence-corrected chi connectivity index (χ1v) is 7.83. The SMILES string of the molecule is Cc1cccc(Nc2ccc(C(=O)Nc3ccc(F)c(Cl)c3)nn2)c1. The van der Waals surface area contributed by atoms with E-state index in [2.05, 4.69) is 20.8 Å². The minimum absolute atomic E-state index is 0.0680. The summed E-state index contributed by atoms with van der Waals surface area (Å²) in [7, 11) is 0. The molecule has 0 aliphatic heterocycles. The Morgan fingerprint density at radius 3 is 2.56 bits per heavy atom. The number of carbonyl (C=O) groups is 1. The summed E-state index contributed by atoms with van der Waals surface area (Å²) in [5.74, 6) is -0.490. The van der Waals surface area contributed by atoms with Crippen molar-refractivity contribution >= 4 is 34.7 Å². The van der Waals surface area contributed by atoms with Gasteiger partial charge in [0.25, 0.3) is 5.91 Å². The number of hydrogen-bond donors (Lipinski definition) is 2. The van der Waals surface area contributed by atoms with E-state index in [1.165, 1.54) is 18.2 Å². The number of amides is 1. The van der Waals surface area contributed by atoms with Crippen LogP contribution >= 0.6 is 11.6 Å². The van der Waals surface area contributed by atoms with E-state index in [9.17, 15) is 9.18 Å². The van der Waals surface area contributed by atoms with Crippen LogP contribution < -0.4 is 10.6 Å². The number of aromatic nitrogens is 2. The van der Waals surface area contributed by atoms with Crippen LogP contribution in [0.5, 0.6) is 0 Å². The Labute approximate surface area is 148 Å². The number of nitrogens with one attached hydrogen (secondary N) is 2. The molecule has 3 rings (SSSR count). The molecule has 2 N–H and O–H groups in total. The van der Waals surface area contributed by atoms with Gasteiger partial charge in [0, 0.05) is 11.4 Å². The largest absolute Gasteiger partial charge is 0.339 e. The molecule has 0 unspecified atom stereocenters. The van der Waals surface area contributed by atoms with Crippen molar-refractivity contribution in [1.82, 2.24) is 10.2 Å². The highest BCUT2D eigenvalue weighted by Gasteiger charge is 2.10. The van der Waals surface area contributed by atoms with Gasteiger partial charge >= 0.3 is 0 Å². The van der Waals surface area contributed by atoms with Gasteiger partial charge in [-0.05, 0) is 55.0 Å². The second-order valence-electron chi connectivity index (χ2n) is 5.38.